The van der Waals surface area contributed by atoms with Crippen LogP contribution in [0.15, 0.2) is 24.8 Å². The average molecular weight is 218 g/mol. The Labute approximate surface area is 91.6 Å². The molecular formula is C10H10N4O2. The van der Waals surface area contributed by atoms with E-state index in [0.717, 1.165) is 12.2 Å². The van der Waals surface area contributed by atoms with E-state index in [4.69, 9.17) is 5.11 Å². The third-order valence-electron chi connectivity index (χ3n) is 2.12. The summed E-state index contributed by atoms with van der Waals surface area (Å²) in [6.45, 7) is 1.97. The molecule has 16 heavy (non-hydrogen) atoms. The van der Waals surface area contributed by atoms with Crippen LogP contribution < -0.4 is 0 Å². The van der Waals surface area contributed by atoms with Crippen LogP contribution in [0.5, 0.6) is 0 Å². The standard InChI is InChI=1S/C10H10N4O2/c1-2-8-12-3-4-14(8)9-6-11-5-7(13-9)10(15)16/h3-6H,2H2,1H3,(H,15,16). The van der Waals surface area contributed by atoms with Crippen molar-refractivity contribution in [3.05, 3.63) is 36.3 Å². The van der Waals surface area contributed by atoms with E-state index in [-0.39, 0.29) is 5.69 Å². The van der Waals surface area contributed by atoms with Crippen LogP contribution in [-0.4, -0.2) is 30.6 Å². The number of carboxylic acids is 1. The third kappa shape index (κ3) is 1.77. The zero-order chi connectivity index (χ0) is 11.5. The lowest BCUT2D eigenvalue weighted by Crippen LogP contribution is -2.07. The SMILES string of the molecule is CCc1nccn1-c1cncc(C(=O)O)n1. The summed E-state index contributed by atoms with van der Waals surface area (Å²) in [5, 5.41) is 8.81. The Morgan fingerprint density at radius 3 is 3.00 bits per heavy atom. The minimum absolute atomic E-state index is 0.0757. The van der Waals surface area contributed by atoms with Gasteiger partial charge in [-0.1, -0.05) is 6.92 Å². The molecule has 0 saturated carbocycles. The second kappa shape index (κ2) is 4.09. The fraction of sp³-hybridized carbons (Fsp3) is 0.200. The molecule has 1 N–H and O–H groups in total. The van der Waals surface area contributed by atoms with Gasteiger partial charge in [-0.15, -0.1) is 0 Å². The fourth-order valence-electron chi connectivity index (χ4n) is 1.38. The van der Waals surface area contributed by atoms with Gasteiger partial charge in [-0.05, 0) is 0 Å². The topological polar surface area (TPSA) is 80.9 Å². The van der Waals surface area contributed by atoms with Gasteiger partial charge in [0.15, 0.2) is 11.5 Å². The lowest BCUT2D eigenvalue weighted by molar-refractivity contribution is 0.0690. The molecule has 0 aliphatic carbocycles. The van der Waals surface area contributed by atoms with E-state index in [9.17, 15) is 4.79 Å². The lowest BCUT2D eigenvalue weighted by Gasteiger charge is -2.04. The Kier molecular flexibility index (Phi) is 2.63. The molecule has 0 radical (unpaired) electrons. The molecule has 0 spiro atoms. The Bertz CT molecular complexity index is 521. The third-order valence-corrected chi connectivity index (χ3v) is 2.12. The zero-order valence-corrected chi connectivity index (χ0v) is 8.66. The first-order chi connectivity index (χ1) is 7.72. The van der Waals surface area contributed by atoms with Gasteiger partial charge in [-0.25, -0.2) is 14.8 Å². The van der Waals surface area contributed by atoms with Crippen molar-refractivity contribution in [1.82, 2.24) is 19.5 Å². The highest BCUT2D eigenvalue weighted by atomic mass is 16.4. The molecule has 2 heterocycles. The van der Waals surface area contributed by atoms with Crippen molar-refractivity contribution < 1.29 is 9.90 Å². The van der Waals surface area contributed by atoms with Gasteiger partial charge in [0.25, 0.3) is 0 Å². The van der Waals surface area contributed by atoms with Crippen LogP contribution in [0.1, 0.15) is 23.2 Å². The summed E-state index contributed by atoms with van der Waals surface area (Å²) < 4.78 is 1.72. The largest absolute Gasteiger partial charge is 0.476 e. The molecule has 6 nitrogen and oxygen atoms in total. The number of hydrogen-bond donors (Lipinski definition) is 1. The van der Waals surface area contributed by atoms with Gasteiger partial charge in [-0.3, -0.25) is 9.55 Å². The van der Waals surface area contributed by atoms with E-state index in [1.807, 2.05) is 6.92 Å². The van der Waals surface area contributed by atoms with Crippen molar-refractivity contribution in [2.45, 2.75) is 13.3 Å². The summed E-state index contributed by atoms with van der Waals surface area (Å²) in [4.78, 5) is 22.7. The first-order valence-electron chi connectivity index (χ1n) is 4.80. The van der Waals surface area contributed by atoms with E-state index in [0.29, 0.717) is 5.82 Å². The lowest BCUT2D eigenvalue weighted by atomic mass is 10.4. The Morgan fingerprint density at radius 1 is 1.50 bits per heavy atom. The van der Waals surface area contributed by atoms with E-state index in [1.165, 1.54) is 12.4 Å². The highest BCUT2D eigenvalue weighted by Gasteiger charge is 2.09. The summed E-state index contributed by atoms with van der Waals surface area (Å²) in [5.74, 6) is 0.193. The molecule has 0 amide bonds. The molecule has 0 aromatic carbocycles. The quantitative estimate of drug-likeness (QED) is 0.828. The molecule has 0 atom stereocenters. The summed E-state index contributed by atoms with van der Waals surface area (Å²) in [7, 11) is 0. The van der Waals surface area contributed by atoms with Crippen molar-refractivity contribution in [2.24, 2.45) is 0 Å². The summed E-state index contributed by atoms with van der Waals surface area (Å²) in [5.41, 5.74) is -0.0757. The van der Waals surface area contributed by atoms with Crippen LogP contribution in [0.4, 0.5) is 0 Å². The molecule has 0 aliphatic rings. The van der Waals surface area contributed by atoms with Crippen LogP contribution in [0.25, 0.3) is 5.82 Å². The number of aromatic carboxylic acids is 1. The summed E-state index contributed by atoms with van der Waals surface area (Å²) in [6.07, 6.45) is 6.84. The van der Waals surface area contributed by atoms with E-state index >= 15 is 0 Å². The van der Waals surface area contributed by atoms with E-state index < -0.39 is 5.97 Å². The van der Waals surface area contributed by atoms with E-state index in [1.54, 1.807) is 17.0 Å². The molecule has 0 saturated heterocycles. The minimum Gasteiger partial charge on any atom is -0.476 e. The zero-order valence-electron chi connectivity index (χ0n) is 8.66. The highest BCUT2D eigenvalue weighted by Crippen LogP contribution is 2.07. The molecule has 0 bridgehead atoms. The molecular weight excluding hydrogens is 208 g/mol. The van der Waals surface area contributed by atoms with Gasteiger partial charge in [0.05, 0.1) is 12.4 Å². The van der Waals surface area contributed by atoms with Crippen LogP contribution in [0.2, 0.25) is 0 Å². The van der Waals surface area contributed by atoms with Gasteiger partial charge in [0.2, 0.25) is 0 Å². The number of nitrogens with zero attached hydrogens (tertiary/aromatic N) is 4. The van der Waals surface area contributed by atoms with Crippen molar-refractivity contribution in [1.29, 1.82) is 0 Å². The molecule has 0 fully saturated rings. The number of rotatable bonds is 3. The second-order valence-electron chi connectivity index (χ2n) is 3.13. The van der Waals surface area contributed by atoms with Crippen molar-refractivity contribution >= 4 is 5.97 Å². The van der Waals surface area contributed by atoms with Crippen molar-refractivity contribution in [2.75, 3.05) is 0 Å². The van der Waals surface area contributed by atoms with Crippen LogP contribution in [-0.2, 0) is 6.42 Å². The molecule has 6 heteroatoms. The molecule has 0 aliphatic heterocycles. The van der Waals surface area contributed by atoms with Crippen LogP contribution >= 0.6 is 0 Å². The second-order valence-corrected chi connectivity index (χ2v) is 3.13. The number of carboxylic acid groups (broad SMARTS) is 1. The molecule has 2 aromatic rings. The monoisotopic (exact) mass is 218 g/mol. The number of imidazole rings is 1. The van der Waals surface area contributed by atoms with Crippen LogP contribution in [0.3, 0.4) is 0 Å². The maximum absolute atomic E-state index is 10.7. The summed E-state index contributed by atoms with van der Waals surface area (Å²) >= 11 is 0. The maximum Gasteiger partial charge on any atom is 0.356 e. The van der Waals surface area contributed by atoms with Crippen molar-refractivity contribution in [3.63, 3.8) is 0 Å². The molecule has 82 valence electrons. The molecule has 2 rings (SSSR count). The number of aryl methyl sites for hydroxylation is 1. The number of hydrogen-bond acceptors (Lipinski definition) is 4. The van der Waals surface area contributed by atoms with Crippen LogP contribution in [0, 0.1) is 0 Å². The minimum atomic E-state index is -1.09. The first kappa shape index (κ1) is 10.3. The van der Waals surface area contributed by atoms with Crippen molar-refractivity contribution in [3.8, 4) is 5.82 Å². The maximum atomic E-state index is 10.7. The fourth-order valence-corrected chi connectivity index (χ4v) is 1.38. The predicted octanol–water partition coefficient (Wildman–Crippen LogP) is 0.923. The predicted molar refractivity (Wildman–Crippen MR) is 55.5 cm³/mol. The smallest absolute Gasteiger partial charge is 0.356 e. The molecule has 2 aromatic heterocycles. The normalized spacial score (nSPS) is 10.3. The van der Waals surface area contributed by atoms with Gasteiger partial charge in [0.1, 0.15) is 5.82 Å². The first-order valence-corrected chi connectivity index (χ1v) is 4.80. The number of carbonyl (C=O) groups is 1. The Hall–Kier alpha value is -2.24. The average Bonchev–Trinajstić information content (AvgIpc) is 2.77. The van der Waals surface area contributed by atoms with E-state index in [2.05, 4.69) is 15.0 Å². The highest BCUT2D eigenvalue weighted by molar-refractivity contribution is 5.85. The number of aromatic nitrogens is 4. The summed E-state index contributed by atoms with van der Waals surface area (Å²) in [6, 6.07) is 0. The Balaban J connectivity index is 2.48. The van der Waals surface area contributed by atoms with Gasteiger partial charge in [-0.2, -0.15) is 0 Å². The Morgan fingerprint density at radius 2 is 2.31 bits per heavy atom. The van der Waals surface area contributed by atoms with Gasteiger partial charge >= 0.3 is 5.97 Å². The van der Waals surface area contributed by atoms with Gasteiger partial charge < -0.3 is 5.11 Å². The molecule has 0 unspecified atom stereocenters. The van der Waals surface area contributed by atoms with Gasteiger partial charge in [0, 0.05) is 18.8 Å².